The fraction of sp³-hybridized carbons (Fsp3) is 0.762. The Kier molecular flexibility index (Phi) is 5.92. The number of hydrogen-bond donors (Lipinski definition) is 0. The second-order valence-corrected chi connectivity index (χ2v) is 7.57. The lowest BCUT2D eigenvalue weighted by atomic mass is 9.84. The van der Waals surface area contributed by atoms with Crippen LogP contribution < -0.4 is 0 Å². The Hall–Kier alpha value is -0.850. The van der Waals surface area contributed by atoms with Crippen molar-refractivity contribution >= 4 is 5.78 Å². The number of Topliss-reactive ketones (excluding diaryl/α,β-unsaturated/α-hetero) is 1. The quantitative estimate of drug-likeness (QED) is 0.471. The lowest BCUT2D eigenvalue weighted by molar-refractivity contribution is -0.119. The largest absolute Gasteiger partial charge is 0.300 e. The summed E-state index contributed by atoms with van der Waals surface area (Å²) >= 11 is 0. The van der Waals surface area contributed by atoms with Gasteiger partial charge in [0.1, 0.15) is 5.78 Å². The Morgan fingerprint density at radius 3 is 1.00 bits per heavy atom. The maximum atomic E-state index is 11.6. The molecule has 22 heavy (non-hydrogen) atoms. The highest BCUT2D eigenvalue weighted by atomic mass is 16.1. The van der Waals surface area contributed by atoms with Crippen molar-refractivity contribution in [1.82, 2.24) is 0 Å². The SMILES string of the molecule is O=C1CCCC(=C2CCCC(=C3CCCC3)CCC2)CCC1. The van der Waals surface area contributed by atoms with Crippen molar-refractivity contribution in [3.63, 3.8) is 0 Å². The molecule has 0 heterocycles. The number of hydrogen-bond acceptors (Lipinski definition) is 1. The number of carbonyl (C=O) groups excluding carboxylic acids is 1. The Morgan fingerprint density at radius 1 is 0.364 bits per heavy atom. The Balaban J connectivity index is 1.61. The van der Waals surface area contributed by atoms with E-state index in [2.05, 4.69) is 0 Å². The average Bonchev–Trinajstić information content (AvgIpc) is 2.97. The maximum absolute atomic E-state index is 11.6. The number of rotatable bonds is 0. The molecular weight excluding hydrogens is 268 g/mol. The zero-order valence-electron chi connectivity index (χ0n) is 14.2. The Labute approximate surface area is 136 Å². The molecule has 0 spiro atoms. The van der Waals surface area contributed by atoms with Gasteiger partial charge >= 0.3 is 0 Å². The van der Waals surface area contributed by atoms with Gasteiger partial charge in [0.05, 0.1) is 0 Å². The van der Waals surface area contributed by atoms with Gasteiger partial charge < -0.3 is 0 Å². The van der Waals surface area contributed by atoms with Crippen LogP contribution in [0.2, 0.25) is 0 Å². The summed E-state index contributed by atoms with van der Waals surface area (Å²) in [5, 5.41) is 0. The van der Waals surface area contributed by atoms with Crippen LogP contribution in [-0.4, -0.2) is 5.78 Å². The van der Waals surface area contributed by atoms with Crippen LogP contribution in [0.15, 0.2) is 22.3 Å². The summed E-state index contributed by atoms with van der Waals surface area (Å²) in [4.78, 5) is 11.6. The molecule has 0 atom stereocenters. The highest BCUT2D eigenvalue weighted by Gasteiger charge is 2.17. The second kappa shape index (κ2) is 8.13. The van der Waals surface area contributed by atoms with E-state index in [-0.39, 0.29) is 0 Å². The third-order valence-corrected chi connectivity index (χ3v) is 5.99. The van der Waals surface area contributed by atoms with Crippen LogP contribution >= 0.6 is 0 Å². The van der Waals surface area contributed by atoms with E-state index in [0.717, 1.165) is 25.7 Å². The van der Waals surface area contributed by atoms with Crippen LogP contribution in [0.4, 0.5) is 0 Å². The minimum atomic E-state index is 0.495. The van der Waals surface area contributed by atoms with Crippen LogP contribution in [0.25, 0.3) is 0 Å². The van der Waals surface area contributed by atoms with E-state index in [1.54, 1.807) is 11.1 Å². The molecule has 0 bridgehead atoms. The smallest absolute Gasteiger partial charge is 0.132 e. The lowest BCUT2D eigenvalue weighted by Crippen LogP contribution is -2.06. The summed E-state index contributed by atoms with van der Waals surface area (Å²) in [5.74, 6) is 0.495. The molecule has 1 heteroatoms. The summed E-state index contributed by atoms with van der Waals surface area (Å²) in [6.07, 6.45) is 20.1. The normalized spacial score (nSPS) is 25.7. The standard InChI is InChI=1S/C21H32O/c22-21-15-5-13-20(14-6-16-21)19-11-3-9-18(10-4-12-19)17-7-1-2-8-17/h1-16H2. The topological polar surface area (TPSA) is 17.1 Å². The summed E-state index contributed by atoms with van der Waals surface area (Å²) in [7, 11) is 0. The van der Waals surface area contributed by atoms with Gasteiger partial charge in [0.15, 0.2) is 0 Å². The first kappa shape index (κ1) is 16.0. The number of carbonyl (C=O) groups is 1. The van der Waals surface area contributed by atoms with Gasteiger partial charge in [0.25, 0.3) is 0 Å². The van der Waals surface area contributed by atoms with E-state index in [4.69, 9.17) is 0 Å². The molecule has 0 aromatic rings. The monoisotopic (exact) mass is 300 g/mol. The molecule has 0 unspecified atom stereocenters. The number of ketones is 1. The minimum absolute atomic E-state index is 0.495. The summed E-state index contributed by atoms with van der Waals surface area (Å²) in [6, 6.07) is 0. The predicted molar refractivity (Wildman–Crippen MR) is 92.9 cm³/mol. The van der Waals surface area contributed by atoms with E-state index < -0.39 is 0 Å². The van der Waals surface area contributed by atoms with Crippen molar-refractivity contribution in [3.8, 4) is 0 Å². The van der Waals surface area contributed by atoms with Gasteiger partial charge in [-0.1, -0.05) is 22.3 Å². The van der Waals surface area contributed by atoms with Crippen LogP contribution in [0.5, 0.6) is 0 Å². The molecule has 0 saturated heterocycles. The zero-order valence-corrected chi connectivity index (χ0v) is 14.2. The highest BCUT2D eigenvalue weighted by molar-refractivity contribution is 5.78. The summed E-state index contributed by atoms with van der Waals surface area (Å²) in [6.45, 7) is 0. The first-order valence-corrected chi connectivity index (χ1v) is 9.74. The van der Waals surface area contributed by atoms with Crippen molar-refractivity contribution in [2.75, 3.05) is 0 Å². The molecule has 0 aromatic heterocycles. The molecule has 3 aliphatic rings. The molecule has 3 fully saturated rings. The van der Waals surface area contributed by atoms with Crippen LogP contribution in [-0.2, 0) is 4.79 Å². The van der Waals surface area contributed by atoms with E-state index in [1.807, 2.05) is 11.1 Å². The summed E-state index contributed by atoms with van der Waals surface area (Å²) in [5.41, 5.74) is 7.19. The fourth-order valence-electron chi connectivity index (χ4n) is 4.74. The molecule has 122 valence electrons. The van der Waals surface area contributed by atoms with Gasteiger partial charge in [0.2, 0.25) is 0 Å². The van der Waals surface area contributed by atoms with Gasteiger partial charge in [-0.2, -0.15) is 0 Å². The van der Waals surface area contributed by atoms with Crippen LogP contribution in [0.1, 0.15) is 103 Å². The maximum Gasteiger partial charge on any atom is 0.132 e. The van der Waals surface area contributed by atoms with E-state index >= 15 is 0 Å². The minimum Gasteiger partial charge on any atom is -0.300 e. The van der Waals surface area contributed by atoms with Crippen LogP contribution in [0.3, 0.4) is 0 Å². The molecule has 0 aromatic carbocycles. The molecule has 1 nitrogen and oxygen atoms in total. The zero-order chi connectivity index (χ0) is 15.2. The van der Waals surface area contributed by atoms with Crippen molar-refractivity contribution < 1.29 is 4.79 Å². The molecule has 3 saturated carbocycles. The van der Waals surface area contributed by atoms with Crippen molar-refractivity contribution in [2.24, 2.45) is 0 Å². The van der Waals surface area contributed by atoms with E-state index in [9.17, 15) is 4.79 Å². The third kappa shape index (κ3) is 4.33. The van der Waals surface area contributed by atoms with Gasteiger partial charge in [-0.15, -0.1) is 0 Å². The van der Waals surface area contributed by atoms with Crippen LogP contribution in [0, 0.1) is 0 Å². The summed E-state index contributed by atoms with van der Waals surface area (Å²) < 4.78 is 0. The molecule has 3 rings (SSSR count). The van der Waals surface area contributed by atoms with Gasteiger partial charge in [-0.3, -0.25) is 4.79 Å². The van der Waals surface area contributed by atoms with Crippen molar-refractivity contribution in [3.05, 3.63) is 22.3 Å². The molecule has 0 N–H and O–H groups in total. The lowest BCUT2D eigenvalue weighted by Gasteiger charge is -2.22. The highest BCUT2D eigenvalue weighted by Crippen LogP contribution is 2.36. The van der Waals surface area contributed by atoms with E-state index in [1.165, 1.54) is 77.0 Å². The fourth-order valence-corrected chi connectivity index (χ4v) is 4.74. The van der Waals surface area contributed by atoms with Crippen molar-refractivity contribution in [1.29, 1.82) is 0 Å². The molecule has 0 amide bonds. The Morgan fingerprint density at radius 2 is 0.636 bits per heavy atom. The molecule has 0 aliphatic heterocycles. The first-order chi connectivity index (χ1) is 10.8. The number of allylic oxidation sites excluding steroid dienone is 4. The molecular formula is C21H32O. The third-order valence-electron chi connectivity index (χ3n) is 5.99. The Bertz CT molecular complexity index is 430. The van der Waals surface area contributed by atoms with Gasteiger partial charge in [0, 0.05) is 12.8 Å². The van der Waals surface area contributed by atoms with E-state index in [0.29, 0.717) is 5.78 Å². The first-order valence-electron chi connectivity index (χ1n) is 9.74. The molecule has 3 aliphatic carbocycles. The van der Waals surface area contributed by atoms with Gasteiger partial charge in [-0.25, -0.2) is 0 Å². The predicted octanol–water partition coefficient (Wildman–Crippen LogP) is 6.43. The molecule has 0 radical (unpaired) electrons. The second-order valence-electron chi connectivity index (χ2n) is 7.57. The van der Waals surface area contributed by atoms with Crippen molar-refractivity contribution in [2.45, 2.75) is 103 Å². The van der Waals surface area contributed by atoms with Gasteiger partial charge in [-0.05, 0) is 89.9 Å². The average molecular weight is 300 g/mol.